The number of hydrogen-bond acceptors (Lipinski definition) is 3. The first-order chi connectivity index (χ1) is 9.61. The molecule has 0 spiro atoms. The lowest BCUT2D eigenvalue weighted by Crippen LogP contribution is -2.34. The van der Waals surface area contributed by atoms with Crippen LogP contribution in [0.5, 0.6) is 5.75 Å². The van der Waals surface area contributed by atoms with Crippen molar-refractivity contribution in [1.82, 2.24) is 10.6 Å². The lowest BCUT2D eigenvalue weighted by atomic mass is 10.1. The van der Waals surface area contributed by atoms with Crippen molar-refractivity contribution >= 4 is 5.91 Å². The summed E-state index contributed by atoms with van der Waals surface area (Å²) in [6.45, 7) is 2.03. The van der Waals surface area contributed by atoms with Crippen LogP contribution in [0.25, 0.3) is 0 Å². The van der Waals surface area contributed by atoms with Crippen LogP contribution < -0.4 is 15.4 Å². The van der Waals surface area contributed by atoms with Crippen LogP contribution in [0.4, 0.5) is 8.78 Å². The third-order valence-electron chi connectivity index (χ3n) is 2.46. The van der Waals surface area contributed by atoms with E-state index in [9.17, 15) is 13.6 Å². The molecule has 0 unspecified atom stereocenters. The van der Waals surface area contributed by atoms with Gasteiger partial charge in [0, 0.05) is 13.1 Å². The summed E-state index contributed by atoms with van der Waals surface area (Å²) in [4.78, 5) is 11.4. The second-order valence-corrected chi connectivity index (χ2v) is 4.04. The second-order valence-electron chi connectivity index (χ2n) is 4.04. The minimum absolute atomic E-state index is 0.0931. The summed E-state index contributed by atoms with van der Waals surface area (Å²) in [7, 11) is 0. The Hall–Kier alpha value is -1.95. The molecule has 0 bridgehead atoms. The van der Waals surface area contributed by atoms with E-state index in [0.717, 1.165) is 5.56 Å². The number of rotatable bonds is 9. The van der Waals surface area contributed by atoms with Crippen molar-refractivity contribution < 1.29 is 18.3 Å². The van der Waals surface area contributed by atoms with E-state index in [1.807, 2.05) is 0 Å². The fourth-order valence-electron chi connectivity index (χ4n) is 1.53. The highest BCUT2D eigenvalue weighted by atomic mass is 19.3. The van der Waals surface area contributed by atoms with Crippen LogP contribution in [0.3, 0.4) is 0 Å². The molecule has 20 heavy (non-hydrogen) atoms. The molecule has 110 valence electrons. The molecule has 1 aromatic rings. The number of carbonyl (C=O) groups excluding carboxylic acids is 1. The van der Waals surface area contributed by atoms with Gasteiger partial charge in [-0.25, -0.2) is 0 Å². The Morgan fingerprint density at radius 3 is 2.65 bits per heavy atom. The summed E-state index contributed by atoms with van der Waals surface area (Å²) in [5.41, 5.74) is 0.936. The molecule has 6 heteroatoms. The van der Waals surface area contributed by atoms with Crippen LogP contribution in [0.1, 0.15) is 5.56 Å². The van der Waals surface area contributed by atoms with Gasteiger partial charge in [-0.1, -0.05) is 18.2 Å². The average Bonchev–Trinajstić information content (AvgIpc) is 2.40. The van der Waals surface area contributed by atoms with Crippen molar-refractivity contribution in [3.05, 3.63) is 42.5 Å². The van der Waals surface area contributed by atoms with Gasteiger partial charge in [0.05, 0.1) is 6.54 Å². The monoisotopic (exact) mass is 284 g/mol. The van der Waals surface area contributed by atoms with Crippen molar-refractivity contribution in [3.8, 4) is 5.75 Å². The molecular weight excluding hydrogens is 266 g/mol. The Morgan fingerprint density at radius 2 is 2.05 bits per heavy atom. The van der Waals surface area contributed by atoms with E-state index >= 15 is 0 Å². The topological polar surface area (TPSA) is 50.4 Å². The molecule has 0 aliphatic heterocycles. The van der Waals surface area contributed by atoms with Gasteiger partial charge in [0.15, 0.2) is 0 Å². The number of alkyl halides is 2. The highest BCUT2D eigenvalue weighted by Crippen LogP contribution is 2.14. The van der Waals surface area contributed by atoms with E-state index in [1.54, 1.807) is 18.2 Å². The molecule has 0 heterocycles. The molecular formula is C14H18F2N2O2. The van der Waals surface area contributed by atoms with Crippen molar-refractivity contribution in [3.63, 3.8) is 0 Å². The number of halogens is 2. The molecule has 2 N–H and O–H groups in total. The predicted octanol–water partition coefficient (Wildman–Crippen LogP) is 1.72. The Balaban J connectivity index is 2.24. The van der Waals surface area contributed by atoms with E-state index < -0.39 is 6.61 Å². The molecule has 1 amide bonds. The maximum absolute atomic E-state index is 12.0. The van der Waals surface area contributed by atoms with Gasteiger partial charge >= 0.3 is 6.61 Å². The Kier molecular flexibility index (Phi) is 7.27. The molecule has 0 saturated heterocycles. The zero-order chi connectivity index (χ0) is 14.8. The predicted molar refractivity (Wildman–Crippen MR) is 72.9 cm³/mol. The van der Waals surface area contributed by atoms with Crippen molar-refractivity contribution in [2.75, 3.05) is 19.6 Å². The van der Waals surface area contributed by atoms with Crippen LogP contribution in [-0.4, -0.2) is 32.2 Å². The Morgan fingerprint density at radius 1 is 1.35 bits per heavy atom. The zero-order valence-corrected chi connectivity index (χ0v) is 11.1. The third kappa shape index (κ3) is 6.84. The normalized spacial score (nSPS) is 10.3. The molecule has 1 rings (SSSR count). The number of carbonyl (C=O) groups is 1. The zero-order valence-electron chi connectivity index (χ0n) is 11.1. The fraction of sp³-hybridized carbons (Fsp3) is 0.357. The molecule has 0 saturated carbocycles. The van der Waals surface area contributed by atoms with Gasteiger partial charge in [-0.05, 0) is 24.1 Å². The lowest BCUT2D eigenvalue weighted by molar-refractivity contribution is -0.120. The van der Waals surface area contributed by atoms with Crippen molar-refractivity contribution in [2.24, 2.45) is 0 Å². The van der Waals surface area contributed by atoms with Crippen LogP contribution in [0.2, 0.25) is 0 Å². The number of nitrogens with one attached hydrogen (secondary N) is 2. The maximum atomic E-state index is 12.0. The van der Waals surface area contributed by atoms with Gasteiger partial charge in [0.2, 0.25) is 5.91 Å². The van der Waals surface area contributed by atoms with Gasteiger partial charge in [-0.2, -0.15) is 8.78 Å². The summed E-state index contributed by atoms with van der Waals surface area (Å²) in [6.07, 6.45) is 2.30. The SMILES string of the molecule is C=CCNCC(=O)NCCc1ccc(OC(F)F)cc1. The van der Waals surface area contributed by atoms with Gasteiger partial charge in [-0.15, -0.1) is 6.58 Å². The molecule has 1 aromatic carbocycles. The number of amides is 1. The molecule has 4 nitrogen and oxygen atoms in total. The first-order valence-corrected chi connectivity index (χ1v) is 6.24. The minimum Gasteiger partial charge on any atom is -0.435 e. The van der Waals surface area contributed by atoms with Crippen LogP contribution in [0.15, 0.2) is 36.9 Å². The van der Waals surface area contributed by atoms with E-state index in [2.05, 4.69) is 21.9 Å². The van der Waals surface area contributed by atoms with Crippen molar-refractivity contribution in [1.29, 1.82) is 0 Å². The van der Waals surface area contributed by atoms with Crippen molar-refractivity contribution in [2.45, 2.75) is 13.0 Å². The van der Waals surface area contributed by atoms with Gasteiger partial charge < -0.3 is 15.4 Å². The first kappa shape index (κ1) is 16.1. The van der Waals surface area contributed by atoms with Gasteiger partial charge in [-0.3, -0.25) is 4.79 Å². The smallest absolute Gasteiger partial charge is 0.387 e. The Labute approximate surface area is 116 Å². The van der Waals surface area contributed by atoms with Crippen LogP contribution >= 0.6 is 0 Å². The van der Waals surface area contributed by atoms with E-state index in [-0.39, 0.29) is 18.2 Å². The maximum Gasteiger partial charge on any atom is 0.387 e. The van der Waals surface area contributed by atoms with E-state index in [4.69, 9.17) is 0 Å². The Bertz CT molecular complexity index is 422. The first-order valence-electron chi connectivity index (χ1n) is 6.24. The lowest BCUT2D eigenvalue weighted by Gasteiger charge is -2.07. The van der Waals surface area contributed by atoms with E-state index in [0.29, 0.717) is 19.5 Å². The quantitative estimate of drug-likeness (QED) is 0.536. The highest BCUT2D eigenvalue weighted by Gasteiger charge is 2.04. The highest BCUT2D eigenvalue weighted by molar-refractivity contribution is 5.77. The molecule has 0 radical (unpaired) electrons. The number of ether oxygens (including phenoxy) is 1. The largest absolute Gasteiger partial charge is 0.435 e. The molecule has 0 atom stereocenters. The average molecular weight is 284 g/mol. The third-order valence-corrected chi connectivity index (χ3v) is 2.46. The summed E-state index contributed by atoms with van der Waals surface area (Å²) < 4.78 is 28.2. The van der Waals surface area contributed by atoms with Crippen LogP contribution in [0, 0.1) is 0 Å². The van der Waals surface area contributed by atoms with Gasteiger partial charge in [0.1, 0.15) is 5.75 Å². The molecule has 0 fully saturated rings. The van der Waals surface area contributed by atoms with E-state index in [1.165, 1.54) is 12.1 Å². The number of benzene rings is 1. The van der Waals surface area contributed by atoms with Crippen LogP contribution in [-0.2, 0) is 11.2 Å². The molecule has 0 aliphatic carbocycles. The molecule has 0 aliphatic rings. The summed E-state index contributed by atoms with van der Waals surface area (Å²) in [6, 6.07) is 6.35. The fourth-order valence-corrected chi connectivity index (χ4v) is 1.53. The second kappa shape index (κ2) is 9.03. The summed E-state index contributed by atoms with van der Waals surface area (Å²) >= 11 is 0. The summed E-state index contributed by atoms with van der Waals surface area (Å²) in [5, 5.41) is 5.64. The summed E-state index contributed by atoms with van der Waals surface area (Å²) in [5.74, 6) is 0.0333. The molecule has 0 aromatic heterocycles. The minimum atomic E-state index is -2.82. The van der Waals surface area contributed by atoms with Gasteiger partial charge in [0.25, 0.3) is 0 Å². The standard InChI is InChI=1S/C14H18F2N2O2/c1-2-8-17-10-13(19)18-9-7-11-3-5-12(6-4-11)20-14(15)16/h2-6,14,17H,1,7-10H2,(H,18,19). The number of hydrogen-bond donors (Lipinski definition) is 2.